The lowest BCUT2D eigenvalue weighted by molar-refractivity contribution is -0.135. The zero-order valence-corrected chi connectivity index (χ0v) is 13.3. The minimum Gasteiger partial charge on any atom is -0.487 e. The zero-order valence-electron chi connectivity index (χ0n) is 12.4. The number of thiocarbonyl (C=S) groups is 1. The number of hydrogen-bond acceptors (Lipinski definition) is 2. The molecular formula is C15H27F3OS. The van der Waals surface area contributed by atoms with Crippen LogP contribution in [0.2, 0.25) is 0 Å². The van der Waals surface area contributed by atoms with Crippen LogP contribution in [0.25, 0.3) is 0 Å². The van der Waals surface area contributed by atoms with Crippen LogP contribution in [-0.4, -0.2) is 17.8 Å². The Bertz CT molecular complexity index is 242. The first kappa shape index (κ1) is 19.7. The van der Waals surface area contributed by atoms with Crippen molar-refractivity contribution >= 4 is 17.3 Å². The van der Waals surface area contributed by atoms with Gasteiger partial charge in [0.05, 0.1) is 6.61 Å². The fourth-order valence-corrected chi connectivity index (χ4v) is 2.14. The van der Waals surface area contributed by atoms with Crippen LogP contribution in [0.5, 0.6) is 0 Å². The highest BCUT2D eigenvalue weighted by Gasteiger charge is 2.25. The van der Waals surface area contributed by atoms with Gasteiger partial charge in [0.2, 0.25) is 0 Å². The molecular weight excluding hydrogens is 285 g/mol. The number of alkyl halides is 3. The summed E-state index contributed by atoms with van der Waals surface area (Å²) in [6, 6.07) is 0. The van der Waals surface area contributed by atoms with Crippen molar-refractivity contribution in [2.45, 2.75) is 83.7 Å². The molecule has 0 N–H and O–H groups in total. The summed E-state index contributed by atoms with van der Waals surface area (Å²) < 4.78 is 40.9. The van der Waals surface area contributed by atoms with Gasteiger partial charge in [-0.25, -0.2) is 0 Å². The first-order valence-electron chi connectivity index (χ1n) is 7.62. The van der Waals surface area contributed by atoms with Crippen LogP contribution in [-0.2, 0) is 4.74 Å². The van der Waals surface area contributed by atoms with Gasteiger partial charge in [-0.05, 0) is 25.1 Å². The summed E-state index contributed by atoms with van der Waals surface area (Å²) in [5.74, 6) is 0. The van der Waals surface area contributed by atoms with E-state index < -0.39 is 12.6 Å². The topological polar surface area (TPSA) is 9.23 Å². The third kappa shape index (κ3) is 17.7. The maximum Gasteiger partial charge on any atom is 0.389 e. The average molecular weight is 312 g/mol. The molecule has 0 heterocycles. The summed E-state index contributed by atoms with van der Waals surface area (Å²) in [6.07, 6.45) is 5.31. The quantitative estimate of drug-likeness (QED) is 0.313. The van der Waals surface area contributed by atoms with E-state index in [1.54, 1.807) is 6.92 Å². The van der Waals surface area contributed by atoms with Gasteiger partial charge >= 0.3 is 6.18 Å². The van der Waals surface area contributed by atoms with E-state index in [4.69, 9.17) is 17.0 Å². The predicted octanol–water partition coefficient (Wildman–Crippen LogP) is 6.20. The smallest absolute Gasteiger partial charge is 0.389 e. The van der Waals surface area contributed by atoms with Gasteiger partial charge in [0, 0.05) is 13.3 Å². The summed E-state index contributed by atoms with van der Waals surface area (Å²) >= 11 is 4.81. The first-order chi connectivity index (χ1) is 9.42. The lowest BCUT2D eigenvalue weighted by Crippen LogP contribution is -2.06. The van der Waals surface area contributed by atoms with Gasteiger partial charge in [0.25, 0.3) is 0 Å². The third-order valence-electron chi connectivity index (χ3n) is 3.16. The van der Waals surface area contributed by atoms with Gasteiger partial charge in [-0.2, -0.15) is 13.2 Å². The molecule has 0 fully saturated rings. The Kier molecular flexibility index (Phi) is 12.2. The van der Waals surface area contributed by atoms with E-state index >= 15 is 0 Å². The number of halogens is 3. The predicted molar refractivity (Wildman–Crippen MR) is 81.1 cm³/mol. The van der Waals surface area contributed by atoms with E-state index in [0.29, 0.717) is 18.1 Å². The summed E-state index contributed by atoms with van der Waals surface area (Å²) in [7, 11) is 0. The van der Waals surface area contributed by atoms with Gasteiger partial charge in [-0.3, -0.25) is 0 Å². The molecule has 0 unspecified atom stereocenters. The number of unbranched alkanes of at least 4 members (excludes halogenated alkanes) is 9. The molecule has 0 rings (SSSR count). The average Bonchev–Trinajstić information content (AvgIpc) is 2.33. The van der Waals surface area contributed by atoms with Crippen molar-refractivity contribution < 1.29 is 17.9 Å². The van der Waals surface area contributed by atoms with Crippen LogP contribution < -0.4 is 0 Å². The molecule has 0 radical (unpaired) electrons. The number of rotatable bonds is 12. The Balaban J connectivity index is 3.05. The molecule has 20 heavy (non-hydrogen) atoms. The van der Waals surface area contributed by atoms with Crippen molar-refractivity contribution in [3.05, 3.63) is 0 Å². The van der Waals surface area contributed by atoms with Crippen molar-refractivity contribution in [2.24, 2.45) is 0 Å². The van der Waals surface area contributed by atoms with E-state index in [2.05, 4.69) is 0 Å². The maximum absolute atomic E-state index is 11.9. The Hall–Kier alpha value is -0.320. The molecule has 0 aromatic heterocycles. The van der Waals surface area contributed by atoms with Gasteiger partial charge < -0.3 is 4.74 Å². The van der Waals surface area contributed by atoms with Crippen LogP contribution in [0.4, 0.5) is 13.2 Å². The molecule has 0 saturated carbocycles. The van der Waals surface area contributed by atoms with Crippen molar-refractivity contribution in [1.29, 1.82) is 0 Å². The fourth-order valence-electron chi connectivity index (χ4n) is 2.06. The van der Waals surface area contributed by atoms with Gasteiger partial charge in [0.15, 0.2) is 5.05 Å². The Morgan fingerprint density at radius 1 is 0.800 bits per heavy atom. The van der Waals surface area contributed by atoms with Crippen molar-refractivity contribution in [3.8, 4) is 0 Å². The van der Waals surface area contributed by atoms with E-state index in [0.717, 1.165) is 32.1 Å². The molecule has 0 bridgehead atoms. The van der Waals surface area contributed by atoms with Crippen LogP contribution in [0.3, 0.4) is 0 Å². The summed E-state index contributed by atoms with van der Waals surface area (Å²) in [5.41, 5.74) is 0. The van der Waals surface area contributed by atoms with Gasteiger partial charge in [-0.15, -0.1) is 0 Å². The molecule has 1 nitrogen and oxygen atoms in total. The van der Waals surface area contributed by atoms with E-state index in [1.807, 2.05) is 0 Å². The normalized spacial score (nSPS) is 11.6. The molecule has 0 aromatic carbocycles. The Morgan fingerprint density at radius 3 is 1.60 bits per heavy atom. The molecule has 0 aliphatic carbocycles. The molecule has 0 spiro atoms. The maximum atomic E-state index is 11.9. The summed E-state index contributed by atoms with van der Waals surface area (Å²) in [5, 5.41) is 0.607. The molecule has 0 aromatic rings. The SMILES string of the molecule is CC(=S)OCCCCCCCCCCCCC(F)(F)F. The molecule has 0 amide bonds. The van der Waals surface area contributed by atoms with Crippen molar-refractivity contribution in [2.75, 3.05) is 6.61 Å². The molecule has 5 heteroatoms. The van der Waals surface area contributed by atoms with Crippen LogP contribution in [0.15, 0.2) is 0 Å². The lowest BCUT2D eigenvalue weighted by Gasteiger charge is -2.06. The second kappa shape index (κ2) is 12.4. The monoisotopic (exact) mass is 312 g/mol. The van der Waals surface area contributed by atoms with E-state index in [9.17, 15) is 13.2 Å². The number of ether oxygens (including phenoxy) is 1. The van der Waals surface area contributed by atoms with Crippen LogP contribution in [0.1, 0.15) is 77.6 Å². The van der Waals surface area contributed by atoms with E-state index in [1.165, 1.54) is 19.3 Å². The molecule has 120 valence electrons. The minimum absolute atomic E-state index is 0.281. The van der Waals surface area contributed by atoms with Crippen LogP contribution in [0, 0.1) is 0 Å². The standard InChI is InChI=1S/C15H27F3OS/c1-14(20)19-13-11-9-7-5-3-2-4-6-8-10-12-15(16,17)18/h2-13H2,1H3. The zero-order chi connectivity index (χ0) is 15.3. The number of hydrogen-bond donors (Lipinski definition) is 0. The molecule has 0 aliphatic heterocycles. The second-order valence-corrected chi connectivity index (χ2v) is 5.82. The first-order valence-corrected chi connectivity index (χ1v) is 8.03. The highest BCUT2D eigenvalue weighted by atomic mass is 32.1. The highest BCUT2D eigenvalue weighted by molar-refractivity contribution is 7.80. The molecule has 0 aliphatic rings. The lowest BCUT2D eigenvalue weighted by atomic mass is 10.1. The second-order valence-electron chi connectivity index (χ2n) is 5.24. The fraction of sp³-hybridized carbons (Fsp3) is 0.933. The molecule has 0 atom stereocenters. The molecule has 0 saturated heterocycles. The third-order valence-corrected chi connectivity index (χ3v) is 3.28. The largest absolute Gasteiger partial charge is 0.487 e. The summed E-state index contributed by atoms with van der Waals surface area (Å²) in [6.45, 7) is 2.50. The van der Waals surface area contributed by atoms with Gasteiger partial charge in [0.1, 0.15) is 0 Å². The summed E-state index contributed by atoms with van der Waals surface area (Å²) in [4.78, 5) is 0. The Labute approximate surface area is 126 Å². The van der Waals surface area contributed by atoms with Gasteiger partial charge in [-0.1, -0.05) is 51.4 Å². The van der Waals surface area contributed by atoms with E-state index in [-0.39, 0.29) is 6.42 Å². The minimum atomic E-state index is -3.98. The van der Waals surface area contributed by atoms with Crippen molar-refractivity contribution in [1.82, 2.24) is 0 Å². The Morgan fingerprint density at radius 2 is 1.20 bits per heavy atom. The highest BCUT2D eigenvalue weighted by Crippen LogP contribution is 2.23. The van der Waals surface area contributed by atoms with Crippen molar-refractivity contribution in [3.63, 3.8) is 0 Å². The van der Waals surface area contributed by atoms with Crippen LogP contribution >= 0.6 is 12.2 Å².